The predicted molar refractivity (Wildman–Crippen MR) is 83.3 cm³/mol. The van der Waals surface area contributed by atoms with Gasteiger partial charge in [-0.2, -0.15) is 0 Å². The first-order chi connectivity index (χ1) is 9.60. The zero-order valence-corrected chi connectivity index (χ0v) is 13.3. The van der Waals surface area contributed by atoms with E-state index in [1.54, 1.807) is 18.9 Å². The number of ether oxygens (including phenoxy) is 1. The lowest BCUT2D eigenvalue weighted by molar-refractivity contribution is -0.131. The Bertz CT molecular complexity index is 438. The number of hydrogen-bond acceptors (Lipinski definition) is 3. The Labute approximate surface area is 125 Å². The van der Waals surface area contributed by atoms with E-state index >= 15 is 0 Å². The molecule has 0 N–H and O–H groups in total. The third kappa shape index (κ3) is 3.92. The van der Waals surface area contributed by atoms with E-state index in [0.29, 0.717) is 0 Å². The zero-order chi connectivity index (χ0) is 14.5. The average Bonchev–Trinajstić information content (AvgIpc) is 2.48. The molecule has 1 aromatic carbocycles. The molecule has 4 heteroatoms. The van der Waals surface area contributed by atoms with Crippen LogP contribution in [0.5, 0.6) is 5.75 Å². The predicted octanol–water partition coefficient (Wildman–Crippen LogP) is 3.43. The van der Waals surface area contributed by atoms with Crippen molar-refractivity contribution in [3.8, 4) is 5.75 Å². The molecule has 0 spiro atoms. The standard InChI is InChI=1S/C16H23NO2S/c1-12-8-10-17(11-9-12)16(18)13(2)20-15-6-4-14(19-3)5-7-15/h4-7,12-13H,8-11H2,1-3H3/t13-/m1/s1. The highest BCUT2D eigenvalue weighted by molar-refractivity contribution is 8.00. The Kier molecular flexibility index (Phi) is 5.35. The summed E-state index contributed by atoms with van der Waals surface area (Å²) in [6.07, 6.45) is 2.26. The summed E-state index contributed by atoms with van der Waals surface area (Å²) in [4.78, 5) is 15.5. The van der Waals surface area contributed by atoms with Crippen LogP contribution < -0.4 is 4.74 Å². The molecule has 1 heterocycles. The third-order valence-electron chi connectivity index (χ3n) is 3.82. The van der Waals surface area contributed by atoms with Crippen molar-refractivity contribution >= 4 is 17.7 Å². The summed E-state index contributed by atoms with van der Waals surface area (Å²) >= 11 is 1.62. The van der Waals surface area contributed by atoms with Crippen LogP contribution in [0.25, 0.3) is 0 Å². The fourth-order valence-electron chi connectivity index (χ4n) is 2.39. The van der Waals surface area contributed by atoms with Gasteiger partial charge >= 0.3 is 0 Å². The number of benzene rings is 1. The molecule has 0 unspecified atom stereocenters. The number of piperidine rings is 1. The Hall–Kier alpha value is -1.16. The smallest absolute Gasteiger partial charge is 0.235 e. The lowest BCUT2D eigenvalue weighted by Crippen LogP contribution is -2.41. The Morgan fingerprint density at radius 2 is 1.90 bits per heavy atom. The SMILES string of the molecule is COc1ccc(S[C@H](C)C(=O)N2CCC(C)CC2)cc1. The number of likely N-dealkylation sites (tertiary alicyclic amines) is 1. The zero-order valence-electron chi connectivity index (χ0n) is 12.5. The molecule has 0 radical (unpaired) electrons. The fourth-order valence-corrected chi connectivity index (χ4v) is 3.35. The molecule has 0 aromatic heterocycles. The molecule has 0 aliphatic carbocycles. The lowest BCUT2D eigenvalue weighted by Gasteiger charge is -2.32. The fraction of sp³-hybridized carbons (Fsp3) is 0.562. The van der Waals surface area contributed by atoms with Gasteiger partial charge in [0.15, 0.2) is 0 Å². The van der Waals surface area contributed by atoms with E-state index in [0.717, 1.165) is 42.5 Å². The molecule has 1 aliphatic rings. The monoisotopic (exact) mass is 293 g/mol. The van der Waals surface area contributed by atoms with Crippen LogP contribution in [0, 0.1) is 5.92 Å². The maximum Gasteiger partial charge on any atom is 0.235 e. The molecule has 1 aromatic rings. The van der Waals surface area contributed by atoms with E-state index in [1.807, 2.05) is 36.1 Å². The average molecular weight is 293 g/mol. The van der Waals surface area contributed by atoms with Crippen molar-refractivity contribution in [1.29, 1.82) is 0 Å². The van der Waals surface area contributed by atoms with E-state index in [1.165, 1.54) is 0 Å². The van der Waals surface area contributed by atoms with Crippen molar-refractivity contribution in [2.45, 2.75) is 36.8 Å². The number of nitrogens with zero attached hydrogens (tertiary/aromatic N) is 1. The lowest BCUT2D eigenvalue weighted by atomic mass is 9.99. The minimum Gasteiger partial charge on any atom is -0.497 e. The highest BCUT2D eigenvalue weighted by Crippen LogP contribution is 2.27. The van der Waals surface area contributed by atoms with Gasteiger partial charge in [0.2, 0.25) is 5.91 Å². The number of methoxy groups -OCH3 is 1. The minimum atomic E-state index is -0.0307. The number of carbonyl (C=O) groups excluding carboxylic acids is 1. The molecule has 1 fully saturated rings. The summed E-state index contributed by atoms with van der Waals surface area (Å²) < 4.78 is 5.14. The van der Waals surface area contributed by atoms with Crippen LogP contribution in [0.2, 0.25) is 0 Å². The van der Waals surface area contributed by atoms with Crippen LogP contribution in [0.4, 0.5) is 0 Å². The molecule has 1 atom stereocenters. The summed E-state index contributed by atoms with van der Waals surface area (Å²) in [5.74, 6) is 1.86. The van der Waals surface area contributed by atoms with Crippen molar-refractivity contribution in [2.75, 3.05) is 20.2 Å². The van der Waals surface area contributed by atoms with Gasteiger partial charge in [-0.3, -0.25) is 4.79 Å². The number of hydrogen-bond donors (Lipinski definition) is 0. The maximum absolute atomic E-state index is 12.4. The Balaban J connectivity index is 1.89. The molecule has 0 bridgehead atoms. The quantitative estimate of drug-likeness (QED) is 0.797. The molecule has 3 nitrogen and oxygen atoms in total. The van der Waals surface area contributed by atoms with Gasteiger partial charge in [-0.15, -0.1) is 11.8 Å². The second kappa shape index (κ2) is 7.02. The maximum atomic E-state index is 12.4. The minimum absolute atomic E-state index is 0.0307. The van der Waals surface area contributed by atoms with Gasteiger partial charge in [0.25, 0.3) is 0 Å². The normalized spacial score (nSPS) is 17.9. The van der Waals surface area contributed by atoms with E-state index in [-0.39, 0.29) is 11.2 Å². The van der Waals surface area contributed by atoms with Gasteiger partial charge in [0, 0.05) is 18.0 Å². The number of carbonyl (C=O) groups is 1. The van der Waals surface area contributed by atoms with Gasteiger partial charge in [-0.05, 0) is 49.9 Å². The molecule has 20 heavy (non-hydrogen) atoms. The molecule has 2 rings (SSSR count). The van der Waals surface area contributed by atoms with Gasteiger partial charge < -0.3 is 9.64 Å². The highest BCUT2D eigenvalue weighted by Gasteiger charge is 2.24. The van der Waals surface area contributed by atoms with E-state index in [2.05, 4.69) is 6.92 Å². The van der Waals surface area contributed by atoms with Crippen molar-refractivity contribution in [3.63, 3.8) is 0 Å². The number of rotatable bonds is 4. The molecule has 1 saturated heterocycles. The first-order valence-corrected chi connectivity index (χ1v) is 8.07. The van der Waals surface area contributed by atoms with E-state index < -0.39 is 0 Å². The van der Waals surface area contributed by atoms with Crippen molar-refractivity contribution in [3.05, 3.63) is 24.3 Å². The van der Waals surface area contributed by atoms with Crippen LogP contribution in [0.15, 0.2) is 29.2 Å². The van der Waals surface area contributed by atoms with Crippen LogP contribution in [-0.4, -0.2) is 36.3 Å². The summed E-state index contributed by atoms with van der Waals surface area (Å²) in [5.41, 5.74) is 0. The summed E-state index contributed by atoms with van der Waals surface area (Å²) in [5, 5.41) is -0.0307. The topological polar surface area (TPSA) is 29.5 Å². The highest BCUT2D eigenvalue weighted by atomic mass is 32.2. The van der Waals surface area contributed by atoms with Crippen LogP contribution in [-0.2, 0) is 4.79 Å². The third-order valence-corrected chi connectivity index (χ3v) is 4.91. The first-order valence-electron chi connectivity index (χ1n) is 7.19. The van der Waals surface area contributed by atoms with E-state index in [9.17, 15) is 4.79 Å². The van der Waals surface area contributed by atoms with Gasteiger partial charge in [-0.1, -0.05) is 6.92 Å². The summed E-state index contributed by atoms with van der Waals surface area (Å²) in [6.45, 7) is 6.08. The van der Waals surface area contributed by atoms with Crippen LogP contribution in [0.3, 0.4) is 0 Å². The molecule has 110 valence electrons. The second-order valence-electron chi connectivity index (χ2n) is 5.44. The van der Waals surface area contributed by atoms with E-state index in [4.69, 9.17) is 4.74 Å². The van der Waals surface area contributed by atoms with Crippen LogP contribution in [0.1, 0.15) is 26.7 Å². The second-order valence-corrected chi connectivity index (χ2v) is 6.86. The number of thioether (sulfide) groups is 1. The molecule has 1 aliphatic heterocycles. The van der Waals surface area contributed by atoms with Crippen molar-refractivity contribution in [2.24, 2.45) is 5.92 Å². The van der Waals surface area contributed by atoms with Gasteiger partial charge in [0.05, 0.1) is 12.4 Å². The number of amides is 1. The Morgan fingerprint density at radius 3 is 2.45 bits per heavy atom. The van der Waals surface area contributed by atoms with Crippen LogP contribution >= 0.6 is 11.8 Å². The van der Waals surface area contributed by atoms with Gasteiger partial charge in [-0.25, -0.2) is 0 Å². The molecular formula is C16H23NO2S. The summed E-state index contributed by atoms with van der Waals surface area (Å²) in [6, 6.07) is 7.88. The van der Waals surface area contributed by atoms with Crippen molar-refractivity contribution < 1.29 is 9.53 Å². The first kappa shape index (κ1) is 15.2. The molecule has 0 saturated carbocycles. The summed E-state index contributed by atoms with van der Waals surface area (Å²) in [7, 11) is 1.66. The molecule has 1 amide bonds. The molecular weight excluding hydrogens is 270 g/mol. The van der Waals surface area contributed by atoms with Gasteiger partial charge in [0.1, 0.15) is 5.75 Å². The Morgan fingerprint density at radius 1 is 1.30 bits per heavy atom. The van der Waals surface area contributed by atoms with Crippen molar-refractivity contribution in [1.82, 2.24) is 4.90 Å². The largest absolute Gasteiger partial charge is 0.497 e.